The fourth-order valence-electron chi connectivity index (χ4n) is 3.79. The first kappa shape index (κ1) is 22.4. The van der Waals surface area contributed by atoms with Crippen LogP contribution in [0.2, 0.25) is 0 Å². The minimum Gasteiger partial charge on any atom is -0.355 e. The number of carbonyl (C=O) groups excluding carboxylic acids is 1. The maximum atomic E-state index is 13.5. The number of para-hydroxylation sites is 1. The molecule has 4 rings (SSSR count). The fraction of sp³-hybridized carbons (Fsp3) is 0.304. The van der Waals surface area contributed by atoms with E-state index in [4.69, 9.17) is 4.52 Å². The predicted molar refractivity (Wildman–Crippen MR) is 126 cm³/mol. The Balaban J connectivity index is 1.54. The lowest BCUT2D eigenvalue weighted by molar-refractivity contribution is -0.120. The minimum absolute atomic E-state index is 0.0604. The molecule has 1 saturated heterocycles. The zero-order valence-electron chi connectivity index (χ0n) is 17.9. The van der Waals surface area contributed by atoms with Crippen molar-refractivity contribution < 1.29 is 17.7 Å². The second kappa shape index (κ2) is 9.40. The highest BCUT2D eigenvalue weighted by Crippen LogP contribution is 2.30. The fourth-order valence-corrected chi connectivity index (χ4v) is 6.19. The molecule has 1 amide bonds. The van der Waals surface area contributed by atoms with Gasteiger partial charge in [0.2, 0.25) is 15.9 Å². The van der Waals surface area contributed by atoms with E-state index in [1.165, 1.54) is 4.31 Å². The Bertz CT molecular complexity index is 1230. The Morgan fingerprint density at radius 2 is 2.03 bits per heavy atom. The summed E-state index contributed by atoms with van der Waals surface area (Å²) in [6.07, 6.45) is 4.68. The molecule has 3 aromatic rings. The van der Waals surface area contributed by atoms with E-state index in [0.29, 0.717) is 25.1 Å². The molecule has 32 heavy (non-hydrogen) atoms. The van der Waals surface area contributed by atoms with Gasteiger partial charge < -0.3 is 9.84 Å². The number of nitrogens with zero attached hydrogens (tertiary/aromatic N) is 2. The molecule has 0 spiro atoms. The molecule has 3 heterocycles. The summed E-state index contributed by atoms with van der Waals surface area (Å²) in [6, 6.07) is 11.4. The quantitative estimate of drug-likeness (QED) is 0.569. The van der Waals surface area contributed by atoms with Gasteiger partial charge in [-0.25, -0.2) is 8.42 Å². The molecule has 1 aliphatic heterocycles. The van der Waals surface area contributed by atoms with Crippen LogP contribution in [0.5, 0.6) is 0 Å². The molecule has 1 aliphatic rings. The van der Waals surface area contributed by atoms with Gasteiger partial charge in [-0.3, -0.25) is 4.79 Å². The molecule has 0 bridgehead atoms. The van der Waals surface area contributed by atoms with Gasteiger partial charge in [0.25, 0.3) is 0 Å². The van der Waals surface area contributed by atoms with E-state index in [1.807, 2.05) is 48.7 Å². The van der Waals surface area contributed by atoms with Crippen LogP contribution in [0.25, 0.3) is 12.2 Å². The number of anilines is 1. The largest absolute Gasteiger partial charge is 0.355 e. The van der Waals surface area contributed by atoms with E-state index in [-0.39, 0.29) is 23.1 Å². The van der Waals surface area contributed by atoms with Crippen LogP contribution in [-0.4, -0.2) is 36.9 Å². The first-order chi connectivity index (χ1) is 15.4. The summed E-state index contributed by atoms with van der Waals surface area (Å²) >= 11 is 1.54. The average molecular weight is 472 g/mol. The zero-order chi connectivity index (χ0) is 22.7. The Morgan fingerprint density at radius 1 is 1.22 bits per heavy atom. The third kappa shape index (κ3) is 4.69. The maximum Gasteiger partial charge on any atom is 0.248 e. The number of aryl methyl sites for hydroxylation is 2. The van der Waals surface area contributed by atoms with Crippen LogP contribution < -0.4 is 5.32 Å². The summed E-state index contributed by atoms with van der Waals surface area (Å²) in [5, 5.41) is 8.78. The van der Waals surface area contributed by atoms with Crippen molar-refractivity contribution in [1.82, 2.24) is 9.46 Å². The topological polar surface area (TPSA) is 92.5 Å². The molecular weight excluding hydrogens is 446 g/mol. The highest BCUT2D eigenvalue weighted by molar-refractivity contribution is 7.89. The van der Waals surface area contributed by atoms with Crippen molar-refractivity contribution in [2.45, 2.75) is 31.6 Å². The summed E-state index contributed by atoms with van der Waals surface area (Å²) in [6.45, 7) is 4.02. The lowest BCUT2D eigenvalue weighted by Gasteiger charge is -2.31. The Labute approximate surface area is 191 Å². The summed E-state index contributed by atoms with van der Waals surface area (Å²) in [7, 11) is -3.87. The Hall–Kier alpha value is -2.75. The van der Waals surface area contributed by atoms with Crippen molar-refractivity contribution in [1.29, 1.82) is 0 Å². The van der Waals surface area contributed by atoms with Gasteiger partial charge in [0.1, 0.15) is 5.69 Å². The highest BCUT2D eigenvalue weighted by atomic mass is 32.2. The van der Waals surface area contributed by atoms with Crippen molar-refractivity contribution in [3.05, 3.63) is 63.7 Å². The molecule has 2 aromatic heterocycles. The van der Waals surface area contributed by atoms with Crippen LogP contribution in [0, 0.1) is 19.8 Å². The minimum atomic E-state index is -3.87. The SMILES string of the molecule is Cc1ccccc1NC(=O)[C@H]1CCCN(S(=O)(=O)c2c(C)noc2/C=C/c2cccs2)C1. The van der Waals surface area contributed by atoms with Gasteiger partial charge in [0, 0.05) is 23.7 Å². The van der Waals surface area contributed by atoms with Crippen LogP contribution in [0.1, 0.15) is 34.7 Å². The van der Waals surface area contributed by atoms with Gasteiger partial charge in [0.05, 0.1) is 5.92 Å². The van der Waals surface area contributed by atoms with Crippen molar-refractivity contribution in [2.75, 3.05) is 18.4 Å². The number of carbonyl (C=O) groups is 1. The molecule has 7 nitrogen and oxygen atoms in total. The van der Waals surface area contributed by atoms with E-state index in [0.717, 1.165) is 16.1 Å². The number of rotatable bonds is 6. The monoisotopic (exact) mass is 471 g/mol. The number of thiophene rings is 1. The number of sulfonamides is 1. The van der Waals surface area contributed by atoms with Crippen molar-refractivity contribution >= 4 is 45.1 Å². The lowest BCUT2D eigenvalue weighted by Crippen LogP contribution is -2.44. The summed E-state index contributed by atoms with van der Waals surface area (Å²) in [5.41, 5.74) is 2.01. The number of piperidine rings is 1. The second-order valence-electron chi connectivity index (χ2n) is 7.82. The Morgan fingerprint density at radius 3 is 2.78 bits per heavy atom. The van der Waals surface area contributed by atoms with Gasteiger partial charge in [-0.1, -0.05) is 29.4 Å². The van der Waals surface area contributed by atoms with E-state index in [2.05, 4.69) is 10.5 Å². The number of hydrogen-bond donors (Lipinski definition) is 1. The molecule has 0 radical (unpaired) electrons. The van der Waals surface area contributed by atoms with E-state index in [9.17, 15) is 13.2 Å². The normalized spacial score (nSPS) is 17.6. The number of benzene rings is 1. The highest BCUT2D eigenvalue weighted by Gasteiger charge is 2.37. The standard InChI is InChI=1S/C23H25N3O4S2/c1-16-7-3-4-10-20(16)24-23(27)18-8-5-13-26(15-18)32(28,29)22-17(2)25-30-21(22)12-11-19-9-6-14-31-19/h3-4,6-7,9-12,14,18H,5,8,13,15H2,1-2H3,(H,24,27)/b12-11+/t18-/m0/s1. The van der Waals surface area contributed by atoms with Crippen molar-refractivity contribution in [2.24, 2.45) is 5.92 Å². The molecule has 1 atom stereocenters. The van der Waals surface area contributed by atoms with Gasteiger partial charge in [-0.15, -0.1) is 11.3 Å². The van der Waals surface area contributed by atoms with Crippen molar-refractivity contribution in [3.8, 4) is 0 Å². The summed E-state index contributed by atoms with van der Waals surface area (Å²) in [5.74, 6) is -0.398. The summed E-state index contributed by atoms with van der Waals surface area (Å²) < 4.78 is 33.7. The maximum absolute atomic E-state index is 13.5. The van der Waals surface area contributed by atoms with Crippen LogP contribution >= 0.6 is 11.3 Å². The summed E-state index contributed by atoms with van der Waals surface area (Å²) in [4.78, 5) is 13.9. The molecule has 168 valence electrons. The number of amides is 1. The molecule has 1 aromatic carbocycles. The van der Waals surface area contributed by atoms with Gasteiger partial charge in [0.15, 0.2) is 10.7 Å². The van der Waals surface area contributed by atoms with Crippen LogP contribution in [0.4, 0.5) is 5.69 Å². The third-order valence-electron chi connectivity index (χ3n) is 5.53. The first-order valence-corrected chi connectivity index (χ1v) is 12.7. The molecule has 1 fully saturated rings. The van der Waals surface area contributed by atoms with E-state index in [1.54, 1.807) is 30.4 Å². The molecule has 9 heteroatoms. The smallest absolute Gasteiger partial charge is 0.248 e. The predicted octanol–water partition coefficient (Wildman–Crippen LogP) is 4.56. The molecular formula is C23H25N3O4S2. The third-order valence-corrected chi connectivity index (χ3v) is 8.39. The van der Waals surface area contributed by atoms with Crippen LogP contribution in [0.15, 0.2) is 51.2 Å². The molecule has 1 N–H and O–H groups in total. The zero-order valence-corrected chi connectivity index (χ0v) is 19.6. The van der Waals surface area contributed by atoms with E-state index < -0.39 is 15.9 Å². The number of aromatic nitrogens is 1. The average Bonchev–Trinajstić information content (AvgIpc) is 3.43. The van der Waals surface area contributed by atoms with Gasteiger partial charge in [-0.2, -0.15) is 4.31 Å². The molecule has 0 aliphatic carbocycles. The van der Waals surface area contributed by atoms with Crippen molar-refractivity contribution in [3.63, 3.8) is 0 Å². The number of nitrogens with one attached hydrogen (secondary N) is 1. The Kier molecular flexibility index (Phi) is 6.59. The van der Waals surface area contributed by atoms with E-state index >= 15 is 0 Å². The number of hydrogen-bond acceptors (Lipinski definition) is 6. The van der Waals surface area contributed by atoms with Crippen LogP contribution in [0.3, 0.4) is 0 Å². The lowest BCUT2D eigenvalue weighted by atomic mass is 9.98. The van der Waals surface area contributed by atoms with Gasteiger partial charge >= 0.3 is 0 Å². The molecule has 0 saturated carbocycles. The first-order valence-electron chi connectivity index (χ1n) is 10.4. The second-order valence-corrected chi connectivity index (χ2v) is 10.7. The van der Waals surface area contributed by atoms with Crippen LogP contribution in [-0.2, 0) is 14.8 Å². The molecule has 0 unspecified atom stereocenters. The van der Waals surface area contributed by atoms with Gasteiger partial charge in [-0.05, 0) is 61.9 Å².